The van der Waals surface area contributed by atoms with Crippen LogP contribution in [0.5, 0.6) is 0 Å². The van der Waals surface area contributed by atoms with Gasteiger partial charge < -0.3 is 10.6 Å². The molecule has 76 valence electrons. The normalized spacial score (nSPS) is 11.9. The van der Waals surface area contributed by atoms with Gasteiger partial charge in [0.05, 0.1) is 5.02 Å². The molecule has 0 radical (unpaired) electrons. The first-order valence-electron chi connectivity index (χ1n) is 4.23. The van der Waals surface area contributed by atoms with Crippen molar-refractivity contribution in [1.82, 2.24) is 10.3 Å². The van der Waals surface area contributed by atoms with Crippen molar-refractivity contribution in [2.75, 3.05) is 12.4 Å². The van der Waals surface area contributed by atoms with Gasteiger partial charge in [-0.3, -0.25) is 4.79 Å². The molecule has 0 aliphatic heterocycles. The van der Waals surface area contributed by atoms with Crippen molar-refractivity contribution in [2.24, 2.45) is 0 Å². The second-order valence-corrected chi connectivity index (χ2v) is 3.22. The molecule has 1 aromatic rings. The third kappa shape index (κ3) is 2.60. The van der Waals surface area contributed by atoms with E-state index in [1.165, 1.54) is 0 Å². The van der Waals surface area contributed by atoms with Crippen LogP contribution in [0.3, 0.4) is 0 Å². The molecule has 14 heavy (non-hydrogen) atoms. The highest BCUT2D eigenvalue weighted by Gasteiger charge is 2.12. The maximum atomic E-state index is 11.2. The van der Waals surface area contributed by atoms with Gasteiger partial charge in [-0.1, -0.05) is 11.6 Å². The molecule has 2 N–H and O–H groups in total. The number of carbonyl (C=O) groups excluding carboxylic acids is 1. The number of anilines is 1. The van der Waals surface area contributed by atoms with E-state index in [4.69, 9.17) is 11.6 Å². The Kier molecular flexibility index (Phi) is 3.71. The zero-order chi connectivity index (χ0) is 10.6. The van der Waals surface area contributed by atoms with Crippen molar-refractivity contribution in [2.45, 2.75) is 13.0 Å². The third-order valence-corrected chi connectivity index (χ3v) is 2.06. The molecule has 0 fully saturated rings. The van der Waals surface area contributed by atoms with E-state index in [-0.39, 0.29) is 11.9 Å². The molecule has 0 saturated heterocycles. The summed E-state index contributed by atoms with van der Waals surface area (Å²) in [6.07, 6.45) is 1.62. The standard InChI is InChI=1S/C9H12ClN3O/c1-6(9(14)11-2)13-8-7(10)4-3-5-12-8/h3-6H,1-2H3,(H,11,14)(H,12,13). The summed E-state index contributed by atoms with van der Waals surface area (Å²) >= 11 is 5.86. The zero-order valence-electron chi connectivity index (χ0n) is 8.04. The average Bonchev–Trinajstić information content (AvgIpc) is 2.20. The minimum Gasteiger partial charge on any atom is -0.357 e. The largest absolute Gasteiger partial charge is 0.357 e. The van der Waals surface area contributed by atoms with E-state index in [9.17, 15) is 4.79 Å². The van der Waals surface area contributed by atoms with Crippen LogP contribution < -0.4 is 10.6 Å². The molecule has 1 aromatic heterocycles. The highest BCUT2D eigenvalue weighted by Crippen LogP contribution is 2.17. The number of hydrogen-bond donors (Lipinski definition) is 2. The van der Waals surface area contributed by atoms with Gasteiger partial charge in [0.2, 0.25) is 5.91 Å². The minimum atomic E-state index is -0.354. The summed E-state index contributed by atoms with van der Waals surface area (Å²) in [6, 6.07) is 3.10. The molecular weight excluding hydrogens is 202 g/mol. The summed E-state index contributed by atoms with van der Waals surface area (Å²) in [7, 11) is 1.58. The molecule has 1 atom stereocenters. The van der Waals surface area contributed by atoms with E-state index in [0.717, 1.165) is 0 Å². The molecule has 5 heteroatoms. The lowest BCUT2D eigenvalue weighted by Crippen LogP contribution is -2.35. The topological polar surface area (TPSA) is 54.0 Å². The first-order chi connectivity index (χ1) is 6.65. The number of rotatable bonds is 3. The quantitative estimate of drug-likeness (QED) is 0.796. The van der Waals surface area contributed by atoms with Crippen LogP contribution in [-0.2, 0) is 4.79 Å². The van der Waals surface area contributed by atoms with Crippen LogP contribution in [0.15, 0.2) is 18.3 Å². The van der Waals surface area contributed by atoms with Gasteiger partial charge in [0.1, 0.15) is 11.9 Å². The SMILES string of the molecule is CNC(=O)C(C)Nc1ncccc1Cl. The average molecular weight is 214 g/mol. The fraction of sp³-hybridized carbons (Fsp3) is 0.333. The number of carbonyl (C=O) groups is 1. The Labute approximate surface area is 87.7 Å². The molecule has 1 unspecified atom stereocenters. The number of halogens is 1. The summed E-state index contributed by atoms with van der Waals surface area (Å²) in [5, 5.41) is 5.94. The van der Waals surface area contributed by atoms with Gasteiger partial charge in [-0.2, -0.15) is 0 Å². The first-order valence-corrected chi connectivity index (χ1v) is 4.61. The number of amides is 1. The summed E-state index contributed by atoms with van der Waals surface area (Å²) in [5.41, 5.74) is 0. The fourth-order valence-electron chi connectivity index (χ4n) is 0.979. The molecule has 0 aliphatic carbocycles. The molecule has 0 saturated carbocycles. The predicted molar refractivity (Wildman–Crippen MR) is 56.4 cm³/mol. The van der Waals surface area contributed by atoms with Crippen molar-refractivity contribution >= 4 is 23.3 Å². The monoisotopic (exact) mass is 213 g/mol. The van der Waals surface area contributed by atoms with Gasteiger partial charge >= 0.3 is 0 Å². The second kappa shape index (κ2) is 4.81. The van der Waals surface area contributed by atoms with Crippen LogP contribution in [-0.4, -0.2) is 24.0 Å². The number of pyridine rings is 1. The van der Waals surface area contributed by atoms with Crippen LogP contribution in [0.1, 0.15) is 6.92 Å². The molecule has 0 spiro atoms. The van der Waals surface area contributed by atoms with Crippen molar-refractivity contribution in [3.63, 3.8) is 0 Å². The van der Waals surface area contributed by atoms with Crippen LogP contribution in [0.2, 0.25) is 5.02 Å². The van der Waals surface area contributed by atoms with Gasteiger partial charge in [-0.25, -0.2) is 4.98 Å². The molecule has 1 heterocycles. The molecule has 1 rings (SSSR count). The van der Waals surface area contributed by atoms with Crippen molar-refractivity contribution < 1.29 is 4.79 Å². The van der Waals surface area contributed by atoms with Crippen molar-refractivity contribution in [3.8, 4) is 0 Å². The number of likely N-dealkylation sites (N-methyl/N-ethyl adjacent to an activating group) is 1. The lowest BCUT2D eigenvalue weighted by molar-refractivity contribution is -0.121. The highest BCUT2D eigenvalue weighted by molar-refractivity contribution is 6.32. The van der Waals surface area contributed by atoms with E-state index in [1.807, 2.05) is 0 Å². The Hall–Kier alpha value is -1.29. The second-order valence-electron chi connectivity index (χ2n) is 2.81. The van der Waals surface area contributed by atoms with Gasteiger partial charge in [-0.05, 0) is 19.1 Å². The van der Waals surface area contributed by atoms with E-state index >= 15 is 0 Å². The lowest BCUT2D eigenvalue weighted by atomic mass is 10.3. The van der Waals surface area contributed by atoms with E-state index in [2.05, 4.69) is 15.6 Å². The van der Waals surface area contributed by atoms with E-state index in [1.54, 1.807) is 32.3 Å². The maximum Gasteiger partial charge on any atom is 0.241 e. The molecule has 0 aliphatic rings. The van der Waals surface area contributed by atoms with Gasteiger partial charge in [0.25, 0.3) is 0 Å². The van der Waals surface area contributed by atoms with E-state index in [0.29, 0.717) is 10.8 Å². The Bertz CT molecular complexity index is 330. The molecule has 0 aromatic carbocycles. The lowest BCUT2D eigenvalue weighted by Gasteiger charge is -2.13. The van der Waals surface area contributed by atoms with E-state index < -0.39 is 0 Å². The van der Waals surface area contributed by atoms with Crippen molar-refractivity contribution in [1.29, 1.82) is 0 Å². The Morgan fingerprint density at radius 2 is 2.36 bits per heavy atom. The molecule has 4 nitrogen and oxygen atoms in total. The predicted octanol–water partition coefficient (Wildman–Crippen LogP) is 1.28. The smallest absolute Gasteiger partial charge is 0.241 e. The molecule has 1 amide bonds. The zero-order valence-corrected chi connectivity index (χ0v) is 8.80. The van der Waals surface area contributed by atoms with Gasteiger partial charge in [-0.15, -0.1) is 0 Å². The van der Waals surface area contributed by atoms with Crippen LogP contribution in [0, 0.1) is 0 Å². The summed E-state index contributed by atoms with van der Waals surface area (Å²) in [5.74, 6) is 0.414. The van der Waals surface area contributed by atoms with Crippen LogP contribution in [0.4, 0.5) is 5.82 Å². The number of aromatic nitrogens is 1. The number of nitrogens with zero attached hydrogens (tertiary/aromatic N) is 1. The number of hydrogen-bond acceptors (Lipinski definition) is 3. The van der Waals surface area contributed by atoms with Gasteiger partial charge in [0, 0.05) is 13.2 Å². The summed E-state index contributed by atoms with van der Waals surface area (Å²) < 4.78 is 0. The molecule has 0 bridgehead atoms. The summed E-state index contributed by atoms with van der Waals surface area (Å²) in [4.78, 5) is 15.2. The number of nitrogens with one attached hydrogen (secondary N) is 2. The van der Waals surface area contributed by atoms with Gasteiger partial charge in [0.15, 0.2) is 0 Å². The maximum absolute atomic E-state index is 11.2. The Morgan fingerprint density at radius 3 is 2.93 bits per heavy atom. The third-order valence-electron chi connectivity index (χ3n) is 1.75. The highest BCUT2D eigenvalue weighted by atomic mass is 35.5. The Balaban J connectivity index is 2.69. The Morgan fingerprint density at radius 1 is 1.64 bits per heavy atom. The van der Waals surface area contributed by atoms with Crippen LogP contribution >= 0.6 is 11.6 Å². The first kappa shape index (κ1) is 10.8. The summed E-state index contributed by atoms with van der Waals surface area (Å²) in [6.45, 7) is 1.74. The molecular formula is C9H12ClN3O. The minimum absolute atomic E-state index is 0.105. The van der Waals surface area contributed by atoms with Crippen LogP contribution in [0.25, 0.3) is 0 Å². The van der Waals surface area contributed by atoms with Crippen molar-refractivity contribution in [3.05, 3.63) is 23.4 Å². The fourth-order valence-corrected chi connectivity index (χ4v) is 1.16.